The lowest BCUT2D eigenvalue weighted by atomic mass is 9.96. The molecule has 1 aliphatic rings. The quantitative estimate of drug-likeness (QED) is 0.834. The Morgan fingerprint density at radius 3 is 2.52 bits per heavy atom. The zero-order valence-corrected chi connectivity index (χ0v) is 13.6. The molecule has 0 bridgehead atoms. The summed E-state index contributed by atoms with van der Waals surface area (Å²) in [6.07, 6.45) is 10.8. The Balaban J connectivity index is 1.83. The summed E-state index contributed by atoms with van der Waals surface area (Å²) >= 11 is 1.77. The number of hydrogen-bond acceptors (Lipinski definition) is 3. The number of anilines is 1. The third-order valence-corrected chi connectivity index (χ3v) is 4.86. The van der Waals surface area contributed by atoms with Crippen LogP contribution in [-0.4, -0.2) is 21.8 Å². The minimum absolute atomic E-state index is 0.574. The molecule has 0 amide bonds. The van der Waals surface area contributed by atoms with Crippen LogP contribution < -0.4 is 5.32 Å². The normalized spacial score (nSPS) is 16.1. The second-order valence-corrected chi connectivity index (χ2v) is 6.63. The highest BCUT2D eigenvalue weighted by Gasteiger charge is 2.16. The fraction of sp³-hybridized carbons (Fsp3) is 0.471. The molecule has 4 heteroatoms. The Kier molecular flexibility index (Phi) is 4.54. The minimum Gasteiger partial charge on any atom is -0.353 e. The van der Waals surface area contributed by atoms with Gasteiger partial charge in [-0.25, -0.2) is 4.98 Å². The molecule has 21 heavy (non-hydrogen) atoms. The van der Waals surface area contributed by atoms with E-state index in [9.17, 15) is 0 Å². The van der Waals surface area contributed by atoms with Gasteiger partial charge in [0.15, 0.2) is 0 Å². The molecule has 1 aliphatic carbocycles. The van der Waals surface area contributed by atoms with Crippen molar-refractivity contribution >= 4 is 17.7 Å². The first-order chi connectivity index (χ1) is 10.3. The summed E-state index contributed by atoms with van der Waals surface area (Å²) < 4.78 is 2.17. The van der Waals surface area contributed by atoms with Gasteiger partial charge in [-0.3, -0.25) is 4.57 Å². The van der Waals surface area contributed by atoms with Crippen molar-refractivity contribution in [1.82, 2.24) is 9.55 Å². The maximum Gasteiger partial charge on any atom is 0.207 e. The maximum absolute atomic E-state index is 4.67. The lowest BCUT2D eigenvalue weighted by molar-refractivity contribution is 0.460. The fourth-order valence-electron chi connectivity index (χ4n) is 2.97. The summed E-state index contributed by atoms with van der Waals surface area (Å²) in [6, 6.07) is 9.24. The zero-order valence-electron chi connectivity index (χ0n) is 12.8. The molecule has 0 saturated heterocycles. The van der Waals surface area contributed by atoms with E-state index in [4.69, 9.17) is 0 Å². The van der Waals surface area contributed by atoms with E-state index in [1.54, 1.807) is 11.8 Å². The average Bonchev–Trinajstić information content (AvgIpc) is 2.89. The molecule has 0 radical (unpaired) electrons. The number of hydrogen-bond donors (Lipinski definition) is 1. The van der Waals surface area contributed by atoms with Crippen LogP contribution in [0.4, 0.5) is 5.95 Å². The van der Waals surface area contributed by atoms with Gasteiger partial charge in [0.05, 0.1) is 5.69 Å². The predicted molar refractivity (Wildman–Crippen MR) is 90.6 cm³/mol. The Hall–Kier alpha value is -1.42. The molecule has 1 aromatic carbocycles. The summed E-state index contributed by atoms with van der Waals surface area (Å²) in [6.45, 7) is 2.05. The molecular formula is C17H23N3S. The van der Waals surface area contributed by atoms with Crippen molar-refractivity contribution < 1.29 is 0 Å². The lowest BCUT2D eigenvalue weighted by Crippen LogP contribution is -2.24. The predicted octanol–water partition coefficient (Wildman–Crippen LogP) is 4.65. The van der Waals surface area contributed by atoms with Gasteiger partial charge in [0, 0.05) is 22.8 Å². The average molecular weight is 301 g/mol. The van der Waals surface area contributed by atoms with Crippen molar-refractivity contribution in [1.29, 1.82) is 0 Å². The Bertz CT molecular complexity index is 583. The highest BCUT2D eigenvalue weighted by Crippen LogP contribution is 2.24. The molecule has 1 N–H and O–H groups in total. The Labute approximate surface area is 131 Å². The molecule has 0 atom stereocenters. The summed E-state index contributed by atoms with van der Waals surface area (Å²) in [4.78, 5) is 5.96. The van der Waals surface area contributed by atoms with Crippen LogP contribution in [0.2, 0.25) is 0 Å². The summed E-state index contributed by atoms with van der Waals surface area (Å²) in [7, 11) is 0. The number of imidazole rings is 1. The number of nitrogens with one attached hydrogen (secondary N) is 1. The van der Waals surface area contributed by atoms with Crippen molar-refractivity contribution in [2.45, 2.75) is 50.0 Å². The standard InChI is InChI=1S/C17H23N3S/c1-13-12-20(15-8-10-16(21-2)11-9-15)17(18-13)19-14-6-4-3-5-7-14/h8-12,14H,3-7H2,1-2H3,(H,18,19). The van der Waals surface area contributed by atoms with Crippen LogP contribution in [0.1, 0.15) is 37.8 Å². The van der Waals surface area contributed by atoms with E-state index in [1.807, 2.05) is 0 Å². The van der Waals surface area contributed by atoms with Crippen LogP contribution in [0.15, 0.2) is 35.4 Å². The number of thioether (sulfide) groups is 1. The molecule has 0 unspecified atom stereocenters. The first kappa shape index (κ1) is 14.5. The number of rotatable bonds is 4. The van der Waals surface area contributed by atoms with E-state index in [0.29, 0.717) is 6.04 Å². The van der Waals surface area contributed by atoms with E-state index < -0.39 is 0 Å². The molecule has 0 aliphatic heterocycles. The first-order valence-electron chi connectivity index (χ1n) is 7.73. The van der Waals surface area contributed by atoms with E-state index in [1.165, 1.54) is 42.7 Å². The van der Waals surface area contributed by atoms with Gasteiger partial charge < -0.3 is 5.32 Å². The SMILES string of the molecule is CSc1ccc(-n2cc(C)nc2NC2CCCCC2)cc1. The second kappa shape index (κ2) is 6.56. The van der Waals surface area contributed by atoms with E-state index in [-0.39, 0.29) is 0 Å². The molecule has 2 aromatic rings. The molecule has 1 fully saturated rings. The number of nitrogens with zero attached hydrogens (tertiary/aromatic N) is 2. The van der Waals surface area contributed by atoms with Gasteiger partial charge >= 0.3 is 0 Å². The van der Waals surface area contributed by atoms with Crippen LogP contribution >= 0.6 is 11.8 Å². The Morgan fingerprint density at radius 1 is 1.14 bits per heavy atom. The minimum atomic E-state index is 0.574. The largest absolute Gasteiger partial charge is 0.353 e. The maximum atomic E-state index is 4.67. The van der Waals surface area contributed by atoms with Gasteiger partial charge in [-0.05, 0) is 50.3 Å². The van der Waals surface area contributed by atoms with Crippen LogP contribution in [0.25, 0.3) is 5.69 Å². The van der Waals surface area contributed by atoms with E-state index in [0.717, 1.165) is 11.6 Å². The van der Waals surface area contributed by atoms with Gasteiger partial charge in [-0.15, -0.1) is 11.8 Å². The third-order valence-electron chi connectivity index (χ3n) is 4.12. The molecule has 1 aromatic heterocycles. The molecule has 3 nitrogen and oxygen atoms in total. The summed E-state index contributed by atoms with van der Waals surface area (Å²) in [5.41, 5.74) is 2.23. The third kappa shape index (κ3) is 3.43. The molecule has 1 heterocycles. The van der Waals surface area contributed by atoms with Crippen LogP contribution in [0, 0.1) is 6.92 Å². The van der Waals surface area contributed by atoms with Crippen molar-refractivity contribution in [2.24, 2.45) is 0 Å². The van der Waals surface area contributed by atoms with Gasteiger partial charge in [0.2, 0.25) is 5.95 Å². The Morgan fingerprint density at radius 2 is 1.86 bits per heavy atom. The zero-order chi connectivity index (χ0) is 14.7. The highest BCUT2D eigenvalue weighted by molar-refractivity contribution is 7.98. The summed E-state index contributed by atoms with van der Waals surface area (Å²) in [5, 5.41) is 3.64. The van der Waals surface area contributed by atoms with E-state index in [2.05, 4.69) is 58.5 Å². The van der Waals surface area contributed by atoms with Gasteiger partial charge in [-0.2, -0.15) is 0 Å². The molecule has 112 valence electrons. The van der Waals surface area contributed by atoms with Crippen LogP contribution in [-0.2, 0) is 0 Å². The first-order valence-corrected chi connectivity index (χ1v) is 8.95. The summed E-state index contributed by atoms with van der Waals surface area (Å²) in [5.74, 6) is 0.983. The second-order valence-electron chi connectivity index (χ2n) is 5.75. The highest BCUT2D eigenvalue weighted by atomic mass is 32.2. The van der Waals surface area contributed by atoms with Crippen molar-refractivity contribution in [3.8, 4) is 5.69 Å². The molecule has 3 rings (SSSR count). The van der Waals surface area contributed by atoms with Crippen molar-refractivity contribution in [3.63, 3.8) is 0 Å². The van der Waals surface area contributed by atoms with Crippen molar-refractivity contribution in [2.75, 3.05) is 11.6 Å². The van der Waals surface area contributed by atoms with Gasteiger partial charge in [0.25, 0.3) is 0 Å². The van der Waals surface area contributed by atoms with Gasteiger partial charge in [0.1, 0.15) is 0 Å². The smallest absolute Gasteiger partial charge is 0.207 e. The topological polar surface area (TPSA) is 29.9 Å². The van der Waals surface area contributed by atoms with Crippen LogP contribution in [0.5, 0.6) is 0 Å². The number of benzene rings is 1. The van der Waals surface area contributed by atoms with E-state index >= 15 is 0 Å². The number of aryl methyl sites for hydroxylation is 1. The number of aromatic nitrogens is 2. The molecule has 0 spiro atoms. The fourth-order valence-corrected chi connectivity index (χ4v) is 3.38. The van der Waals surface area contributed by atoms with Gasteiger partial charge in [-0.1, -0.05) is 19.3 Å². The molecular weight excluding hydrogens is 278 g/mol. The monoisotopic (exact) mass is 301 g/mol. The van der Waals surface area contributed by atoms with Crippen LogP contribution in [0.3, 0.4) is 0 Å². The van der Waals surface area contributed by atoms with Crippen molar-refractivity contribution in [3.05, 3.63) is 36.2 Å². The lowest BCUT2D eigenvalue weighted by Gasteiger charge is -2.23. The molecule has 1 saturated carbocycles.